The maximum atomic E-state index is 13.2. The standard InChI is InChI=1S/C58H98N2O44/c1-12-25(68)34(77)40(83)54(90-12)101-46-26(69)13(2)91-56(43(46)86)104-48-37(80)28(71)17(6-62)96-57(48)100-45-24(60-15(4)67)52(94-20(9-65)32(45)75)99-44-23(59-14(3)66)51(93-19(8-64)31(44)74)88-10-21-30(73)36(79)41(84)55(98-21)103-49-38(81)29(72)18(7-63)97-58(49)102-47-33(76)22(92-50(87)42(47)85)11-89-53-39(82)35(78)27(70)16(5-61)95-53/h12-13,16-58,61-65,68-87H,5-11H2,1-4H3,(H,59,66)(H,60,67)/t12-,13-,16+,17+,18+,19+,20+,21+,22+,23+,24+,25-,26-,27-,28-,29+,30+,31+,32+,33+,34+,35-,36-,37-,38-,39+,40+,41+,42+,43+,44+,45+,46+,47-,48+,49+,50?,51+,52+,53-,54-,55+,56-,57+,58+/m0/s1. The van der Waals surface area contributed by atoms with E-state index >= 15 is 0 Å². The molecule has 9 heterocycles. The van der Waals surface area contributed by atoms with Gasteiger partial charge in [-0.15, -0.1) is 0 Å². The average molecular weight is 1530 g/mol. The van der Waals surface area contributed by atoms with Gasteiger partial charge >= 0.3 is 0 Å². The topological polar surface area (TPSA) is 721 Å². The molecule has 9 rings (SSSR count). The second kappa shape index (κ2) is 36.6. The lowest BCUT2D eigenvalue weighted by Crippen LogP contribution is -2.71. The predicted octanol–water partition coefficient (Wildman–Crippen LogP) is -18.3. The minimum absolute atomic E-state index is 0.852. The number of amides is 2. The molecule has 27 N–H and O–H groups in total. The van der Waals surface area contributed by atoms with E-state index in [0.717, 1.165) is 13.8 Å². The fraction of sp³-hybridized carbons (Fsp3) is 0.966. The van der Waals surface area contributed by atoms with Crippen LogP contribution in [0.1, 0.15) is 27.7 Å². The van der Waals surface area contributed by atoms with Gasteiger partial charge in [0.05, 0.1) is 58.5 Å². The van der Waals surface area contributed by atoms with Gasteiger partial charge in [-0.1, -0.05) is 0 Å². The Hall–Kier alpha value is -2.74. The van der Waals surface area contributed by atoms with E-state index in [0.29, 0.717) is 0 Å². The predicted molar refractivity (Wildman–Crippen MR) is 317 cm³/mol. The van der Waals surface area contributed by atoms with Crippen LogP contribution in [0.15, 0.2) is 0 Å². The van der Waals surface area contributed by atoms with Crippen LogP contribution in [0.5, 0.6) is 0 Å². The number of rotatable bonds is 25. The van der Waals surface area contributed by atoms with Crippen molar-refractivity contribution in [1.29, 1.82) is 0 Å². The zero-order valence-corrected chi connectivity index (χ0v) is 55.9. The number of carbonyl (C=O) groups is 2. The van der Waals surface area contributed by atoms with Crippen molar-refractivity contribution < 1.29 is 218 Å². The number of aliphatic hydroxyl groups excluding tert-OH is 25. The number of nitrogens with one attached hydrogen (secondary N) is 2. The smallest absolute Gasteiger partial charge is 0.217 e. The van der Waals surface area contributed by atoms with Crippen LogP contribution >= 0.6 is 0 Å². The number of hydrogen-bond donors (Lipinski definition) is 27. The third-order valence-electron chi connectivity index (χ3n) is 19.5. The average Bonchev–Trinajstić information content (AvgIpc) is 0.790. The first-order valence-electron chi connectivity index (χ1n) is 33.4. The molecule has 0 aromatic rings. The maximum absolute atomic E-state index is 13.2. The highest BCUT2D eigenvalue weighted by molar-refractivity contribution is 5.73. The summed E-state index contributed by atoms with van der Waals surface area (Å²) in [6.07, 6.45) is -84.4. The van der Waals surface area contributed by atoms with Gasteiger partial charge in [0.1, 0.15) is 207 Å². The van der Waals surface area contributed by atoms with Gasteiger partial charge in [0.25, 0.3) is 0 Å². The quantitative estimate of drug-likeness (QED) is 0.0404. The molecule has 0 bridgehead atoms. The second-order valence-electron chi connectivity index (χ2n) is 26.7. The van der Waals surface area contributed by atoms with Crippen LogP contribution in [0, 0.1) is 0 Å². The Morgan fingerprint density at radius 3 is 1.05 bits per heavy atom. The summed E-state index contributed by atoms with van der Waals surface area (Å²) in [5, 5.41) is 278. The zero-order chi connectivity index (χ0) is 76.5. The molecule has 46 heteroatoms. The van der Waals surface area contributed by atoms with Gasteiger partial charge in [-0.05, 0) is 13.8 Å². The summed E-state index contributed by atoms with van der Waals surface area (Å²) in [5.74, 6) is -1.86. The van der Waals surface area contributed by atoms with E-state index in [-0.39, 0.29) is 0 Å². The van der Waals surface area contributed by atoms with Gasteiger partial charge < -0.3 is 219 Å². The monoisotopic (exact) mass is 1530 g/mol. The first-order chi connectivity index (χ1) is 49.1. The molecule has 9 aliphatic heterocycles. The summed E-state index contributed by atoms with van der Waals surface area (Å²) in [7, 11) is 0. The molecular formula is C58H98N2O44. The molecule has 0 aromatic carbocycles. The van der Waals surface area contributed by atoms with Gasteiger partial charge in [-0.2, -0.15) is 0 Å². The first-order valence-corrected chi connectivity index (χ1v) is 33.4. The molecule has 46 nitrogen and oxygen atoms in total. The lowest BCUT2D eigenvalue weighted by Gasteiger charge is -2.51. The summed E-state index contributed by atoms with van der Waals surface area (Å²) in [4.78, 5) is 26.3. The van der Waals surface area contributed by atoms with Gasteiger partial charge in [-0.3, -0.25) is 9.59 Å². The third kappa shape index (κ3) is 18.2. The summed E-state index contributed by atoms with van der Waals surface area (Å²) in [6, 6.07) is -3.76. The van der Waals surface area contributed by atoms with Gasteiger partial charge in [0.15, 0.2) is 56.6 Å². The molecule has 9 aliphatic rings. The molecule has 104 heavy (non-hydrogen) atoms. The molecule has 0 radical (unpaired) electrons. The van der Waals surface area contributed by atoms with Gasteiger partial charge in [0.2, 0.25) is 11.8 Å². The van der Waals surface area contributed by atoms with Crippen molar-refractivity contribution in [3.63, 3.8) is 0 Å². The van der Waals surface area contributed by atoms with Crippen LogP contribution in [-0.4, -0.2) is 462 Å². The Bertz CT molecular complexity index is 2680. The van der Waals surface area contributed by atoms with Crippen molar-refractivity contribution in [3.8, 4) is 0 Å². The zero-order valence-electron chi connectivity index (χ0n) is 55.9. The van der Waals surface area contributed by atoms with Crippen molar-refractivity contribution in [2.75, 3.05) is 46.2 Å². The minimum atomic E-state index is -2.32. The summed E-state index contributed by atoms with van der Waals surface area (Å²) < 4.78 is 98.6. The van der Waals surface area contributed by atoms with Crippen molar-refractivity contribution in [2.24, 2.45) is 0 Å². The summed E-state index contributed by atoms with van der Waals surface area (Å²) in [6.45, 7) is -2.51. The van der Waals surface area contributed by atoms with Gasteiger partial charge in [0, 0.05) is 13.8 Å². The Morgan fingerprint density at radius 1 is 0.269 bits per heavy atom. The van der Waals surface area contributed by atoms with Crippen LogP contribution in [-0.2, 0) is 90.1 Å². The molecule has 604 valence electrons. The van der Waals surface area contributed by atoms with E-state index in [9.17, 15) is 137 Å². The molecular weight excluding hydrogens is 1430 g/mol. The fourth-order valence-corrected chi connectivity index (χ4v) is 13.4. The molecule has 0 spiro atoms. The van der Waals surface area contributed by atoms with Crippen LogP contribution in [0.2, 0.25) is 0 Å². The van der Waals surface area contributed by atoms with Crippen molar-refractivity contribution >= 4 is 11.8 Å². The van der Waals surface area contributed by atoms with E-state index in [1.165, 1.54) is 13.8 Å². The lowest BCUT2D eigenvalue weighted by atomic mass is 9.93. The Balaban J connectivity index is 0.927. The molecule has 0 aromatic heterocycles. The highest BCUT2D eigenvalue weighted by Crippen LogP contribution is 2.39. The van der Waals surface area contributed by atoms with Crippen LogP contribution in [0.25, 0.3) is 0 Å². The van der Waals surface area contributed by atoms with Gasteiger partial charge in [-0.25, -0.2) is 0 Å². The van der Waals surface area contributed by atoms with Crippen molar-refractivity contribution in [3.05, 3.63) is 0 Å². The van der Waals surface area contributed by atoms with E-state index in [1.807, 2.05) is 0 Å². The lowest BCUT2D eigenvalue weighted by molar-refractivity contribution is -0.393. The molecule has 0 aliphatic carbocycles. The minimum Gasteiger partial charge on any atom is -0.394 e. The Labute approximate surface area is 589 Å². The van der Waals surface area contributed by atoms with Crippen molar-refractivity contribution in [1.82, 2.24) is 10.6 Å². The highest BCUT2D eigenvalue weighted by Gasteiger charge is 2.60. The Kier molecular flexibility index (Phi) is 30.0. The largest absolute Gasteiger partial charge is 0.394 e. The number of carbonyl (C=O) groups excluding carboxylic acids is 2. The number of ether oxygens (including phenoxy) is 17. The molecule has 0 saturated carbocycles. The van der Waals surface area contributed by atoms with Crippen molar-refractivity contribution in [2.45, 2.75) is 304 Å². The molecule has 9 fully saturated rings. The molecule has 9 saturated heterocycles. The molecule has 45 atom stereocenters. The van der Waals surface area contributed by atoms with E-state index in [1.54, 1.807) is 0 Å². The van der Waals surface area contributed by atoms with Crippen LogP contribution in [0.3, 0.4) is 0 Å². The normalized spacial score (nSPS) is 51.9. The van der Waals surface area contributed by atoms with E-state index < -0.39 is 334 Å². The van der Waals surface area contributed by atoms with Crippen LogP contribution in [0.4, 0.5) is 0 Å². The summed E-state index contributed by atoms with van der Waals surface area (Å²) >= 11 is 0. The van der Waals surface area contributed by atoms with E-state index in [2.05, 4.69) is 10.6 Å². The third-order valence-corrected chi connectivity index (χ3v) is 19.5. The van der Waals surface area contributed by atoms with Crippen LogP contribution < -0.4 is 10.6 Å². The fourth-order valence-electron chi connectivity index (χ4n) is 13.4. The maximum Gasteiger partial charge on any atom is 0.217 e. The Morgan fingerprint density at radius 2 is 0.567 bits per heavy atom. The molecule has 1 unspecified atom stereocenters. The number of hydrogen-bond acceptors (Lipinski definition) is 44. The number of aliphatic hydroxyl groups is 25. The van der Waals surface area contributed by atoms with E-state index in [4.69, 9.17) is 80.5 Å². The SMILES string of the molecule is CC(=O)N[C@H]1[C@H](OC[C@H]2O[C@H](O[C@H]3[C@@H](O[C@H]4[C@H](O)[C@@H](CO[C@H]5O[C@H](CO)[C@H](O)[C@H](O)[C@H]5O)OC(O)[C@@H]4O)O[C@H](CO)[C@@H](O)[C@@H]3O)[C@H](O)[C@@H](O)[C@@H]2O)O[C@H](CO)[C@@H](O)[C@@H]1O[C@H]1O[C@H](CO)[C@@H](O)[C@H](O[C@H]2O[C@H](CO)[C@H](O)[C@H](O)[C@H]2O[C@@H]2O[C@@H](C)[C@H](O)[C@@H](O[C@@H]3O[C@@H](C)[C@H](O)[C@@H](O)[C@H]3O)[C@H]2O)[C@H]1NC(C)=O. The summed E-state index contributed by atoms with van der Waals surface area (Å²) in [5.41, 5.74) is 0. The second-order valence-corrected chi connectivity index (χ2v) is 26.7. The highest BCUT2D eigenvalue weighted by atomic mass is 16.8. The molecule has 2 amide bonds. The first kappa shape index (κ1) is 85.3.